The summed E-state index contributed by atoms with van der Waals surface area (Å²) in [4.78, 5) is 13.8. The molecule has 1 aromatic rings. The first kappa shape index (κ1) is 15.3. The van der Waals surface area contributed by atoms with Gasteiger partial charge in [-0.25, -0.2) is 0 Å². The van der Waals surface area contributed by atoms with Crippen LogP contribution in [-0.4, -0.2) is 36.6 Å². The zero-order chi connectivity index (χ0) is 15.7. The van der Waals surface area contributed by atoms with E-state index in [1.54, 1.807) is 0 Å². The van der Waals surface area contributed by atoms with Gasteiger partial charge in [-0.05, 0) is 37.3 Å². The van der Waals surface area contributed by atoms with Gasteiger partial charge < -0.3 is 9.64 Å². The summed E-state index contributed by atoms with van der Waals surface area (Å²) < 4.78 is 44.7. The van der Waals surface area contributed by atoms with Crippen LogP contribution in [0.2, 0.25) is 0 Å². The van der Waals surface area contributed by atoms with E-state index in [1.807, 2.05) is 0 Å². The minimum Gasteiger partial charge on any atom is -0.376 e. The molecule has 1 atom stereocenters. The van der Waals surface area contributed by atoms with Gasteiger partial charge in [-0.2, -0.15) is 13.2 Å². The van der Waals surface area contributed by atoms with Crippen molar-refractivity contribution in [3.8, 4) is 0 Å². The third-order valence-electron chi connectivity index (χ3n) is 4.16. The Bertz CT molecular complexity index is 555. The second kappa shape index (κ2) is 5.91. The summed E-state index contributed by atoms with van der Waals surface area (Å²) in [5.74, 6) is 0.0705. The molecule has 1 saturated carbocycles. The number of alkyl halides is 3. The molecule has 3 rings (SSSR count). The fraction of sp³-hybridized carbons (Fsp3) is 0.562. The van der Waals surface area contributed by atoms with Gasteiger partial charge in [-0.3, -0.25) is 4.79 Å². The third-order valence-corrected chi connectivity index (χ3v) is 4.16. The minimum atomic E-state index is -4.52. The van der Waals surface area contributed by atoms with Crippen molar-refractivity contribution in [2.75, 3.05) is 19.7 Å². The summed E-state index contributed by atoms with van der Waals surface area (Å²) in [6, 6.07) is 4.94. The monoisotopic (exact) mass is 313 g/mol. The van der Waals surface area contributed by atoms with Gasteiger partial charge in [0.25, 0.3) is 5.91 Å². The number of nitrogens with zero attached hydrogens (tertiary/aromatic N) is 1. The van der Waals surface area contributed by atoms with Gasteiger partial charge in [0, 0.05) is 19.7 Å². The Morgan fingerprint density at radius 3 is 2.64 bits per heavy atom. The summed E-state index contributed by atoms with van der Waals surface area (Å²) in [6.45, 7) is 1.52. The van der Waals surface area contributed by atoms with Crippen molar-refractivity contribution in [3.05, 3.63) is 35.4 Å². The SMILES string of the molecule is O=C(c1ccccc1C(F)(F)F)N1CCC(OCC2CC2)C1. The molecule has 3 nitrogen and oxygen atoms in total. The first-order valence-electron chi connectivity index (χ1n) is 7.52. The number of likely N-dealkylation sites (tertiary alicyclic amines) is 1. The predicted molar refractivity (Wildman–Crippen MR) is 74.4 cm³/mol. The number of carbonyl (C=O) groups is 1. The molecule has 1 unspecified atom stereocenters. The highest BCUT2D eigenvalue weighted by molar-refractivity contribution is 5.96. The van der Waals surface area contributed by atoms with Crippen LogP contribution in [-0.2, 0) is 10.9 Å². The smallest absolute Gasteiger partial charge is 0.376 e. The predicted octanol–water partition coefficient (Wildman–Crippen LogP) is 3.35. The summed E-state index contributed by atoms with van der Waals surface area (Å²) in [6.07, 6.45) is -1.51. The highest BCUT2D eigenvalue weighted by Crippen LogP contribution is 2.33. The lowest BCUT2D eigenvalue weighted by Crippen LogP contribution is -2.32. The number of ether oxygens (including phenoxy) is 1. The normalized spacial score (nSPS) is 22.1. The lowest BCUT2D eigenvalue weighted by atomic mass is 10.1. The first-order valence-corrected chi connectivity index (χ1v) is 7.52. The topological polar surface area (TPSA) is 29.5 Å². The largest absolute Gasteiger partial charge is 0.417 e. The lowest BCUT2D eigenvalue weighted by Gasteiger charge is -2.19. The molecule has 0 bridgehead atoms. The number of amides is 1. The molecule has 0 N–H and O–H groups in total. The second-order valence-corrected chi connectivity index (χ2v) is 5.98. The Labute approximate surface area is 127 Å². The first-order chi connectivity index (χ1) is 10.4. The number of carbonyl (C=O) groups excluding carboxylic acids is 1. The van der Waals surface area contributed by atoms with Crippen LogP contribution in [0, 0.1) is 5.92 Å². The number of benzene rings is 1. The highest BCUT2D eigenvalue weighted by atomic mass is 19.4. The van der Waals surface area contributed by atoms with Crippen molar-refractivity contribution in [3.63, 3.8) is 0 Å². The fourth-order valence-electron chi connectivity index (χ4n) is 2.69. The number of hydrogen-bond donors (Lipinski definition) is 0. The molecule has 22 heavy (non-hydrogen) atoms. The van der Waals surface area contributed by atoms with E-state index in [4.69, 9.17) is 4.74 Å². The maximum Gasteiger partial charge on any atom is 0.417 e. The maximum absolute atomic E-state index is 13.0. The van der Waals surface area contributed by atoms with E-state index in [9.17, 15) is 18.0 Å². The van der Waals surface area contributed by atoms with Crippen LogP contribution >= 0.6 is 0 Å². The Hall–Kier alpha value is -1.56. The number of hydrogen-bond acceptors (Lipinski definition) is 2. The summed E-state index contributed by atoms with van der Waals surface area (Å²) >= 11 is 0. The molecule has 1 amide bonds. The minimum absolute atomic E-state index is 0.0531. The molecule has 1 saturated heterocycles. The van der Waals surface area contributed by atoms with Crippen LogP contribution in [0.1, 0.15) is 35.2 Å². The van der Waals surface area contributed by atoms with Crippen molar-refractivity contribution in [2.24, 2.45) is 5.92 Å². The molecule has 1 aromatic carbocycles. The average Bonchev–Trinajstić information content (AvgIpc) is 3.20. The third kappa shape index (κ3) is 3.43. The number of halogens is 3. The molecular weight excluding hydrogens is 295 g/mol. The van der Waals surface area contributed by atoms with Crippen LogP contribution in [0.25, 0.3) is 0 Å². The van der Waals surface area contributed by atoms with Gasteiger partial charge in [0.15, 0.2) is 0 Å². The summed E-state index contributed by atoms with van der Waals surface area (Å²) in [5.41, 5.74) is -1.15. The lowest BCUT2D eigenvalue weighted by molar-refractivity contribution is -0.138. The van der Waals surface area contributed by atoms with E-state index in [1.165, 1.54) is 35.9 Å². The Kier molecular flexibility index (Phi) is 4.12. The standard InChI is InChI=1S/C16H18F3NO2/c17-16(18,19)14-4-2-1-3-13(14)15(21)20-8-7-12(9-20)22-10-11-5-6-11/h1-4,11-12H,5-10H2. The van der Waals surface area contributed by atoms with Crippen LogP contribution in [0.3, 0.4) is 0 Å². The molecular formula is C16H18F3NO2. The molecule has 6 heteroatoms. The van der Waals surface area contributed by atoms with Crippen LogP contribution < -0.4 is 0 Å². The van der Waals surface area contributed by atoms with E-state index in [0.29, 0.717) is 32.0 Å². The summed E-state index contributed by atoms with van der Waals surface area (Å²) in [7, 11) is 0. The Morgan fingerprint density at radius 2 is 1.95 bits per heavy atom. The zero-order valence-corrected chi connectivity index (χ0v) is 12.1. The van der Waals surface area contributed by atoms with E-state index >= 15 is 0 Å². The van der Waals surface area contributed by atoms with Crippen molar-refractivity contribution >= 4 is 5.91 Å². The molecule has 1 aliphatic carbocycles. The molecule has 2 fully saturated rings. The van der Waals surface area contributed by atoms with Gasteiger partial charge in [0.2, 0.25) is 0 Å². The molecule has 0 spiro atoms. The van der Waals surface area contributed by atoms with Gasteiger partial charge in [-0.1, -0.05) is 12.1 Å². The van der Waals surface area contributed by atoms with E-state index in [0.717, 1.165) is 6.07 Å². The molecule has 2 aliphatic rings. The van der Waals surface area contributed by atoms with Gasteiger partial charge in [0.1, 0.15) is 0 Å². The van der Waals surface area contributed by atoms with Crippen molar-refractivity contribution in [1.29, 1.82) is 0 Å². The average molecular weight is 313 g/mol. The van der Waals surface area contributed by atoms with Crippen LogP contribution in [0.5, 0.6) is 0 Å². The van der Waals surface area contributed by atoms with Gasteiger partial charge in [0.05, 0.1) is 17.2 Å². The molecule has 1 aliphatic heterocycles. The fourth-order valence-corrected chi connectivity index (χ4v) is 2.69. The maximum atomic E-state index is 13.0. The Balaban J connectivity index is 1.67. The molecule has 120 valence electrons. The van der Waals surface area contributed by atoms with E-state index in [2.05, 4.69) is 0 Å². The number of rotatable bonds is 4. The molecule has 1 heterocycles. The van der Waals surface area contributed by atoms with Gasteiger partial charge in [-0.15, -0.1) is 0 Å². The van der Waals surface area contributed by atoms with Gasteiger partial charge >= 0.3 is 6.18 Å². The second-order valence-electron chi connectivity index (χ2n) is 5.98. The zero-order valence-electron chi connectivity index (χ0n) is 12.1. The quantitative estimate of drug-likeness (QED) is 0.853. The van der Waals surface area contributed by atoms with Crippen LogP contribution in [0.15, 0.2) is 24.3 Å². The summed E-state index contributed by atoms with van der Waals surface area (Å²) in [5, 5.41) is 0. The molecule has 0 aromatic heterocycles. The highest BCUT2D eigenvalue weighted by Gasteiger charge is 2.37. The van der Waals surface area contributed by atoms with E-state index in [-0.39, 0.29) is 11.7 Å². The Morgan fingerprint density at radius 1 is 1.23 bits per heavy atom. The van der Waals surface area contributed by atoms with E-state index < -0.39 is 17.6 Å². The molecule has 0 radical (unpaired) electrons. The van der Waals surface area contributed by atoms with Crippen molar-refractivity contribution in [1.82, 2.24) is 4.90 Å². The van der Waals surface area contributed by atoms with Crippen molar-refractivity contribution in [2.45, 2.75) is 31.5 Å². The van der Waals surface area contributed by atoms with Crippen LogP contribution in [0.4, 0.5) is 13.2 Å². The van der Waals surface area contributed by atoms with Crippen molar-refractivity contribution < 1.29 is 22.7 Å².